The Morgan fingerprint density at radius 3 is 2.16 bits per heavy atom. The molecule has 0 bridgehead atoms. The molecule has 96 valence electrons. The molecule has 0 aliphatic rings. The number of amides is 1. The second kappa shape index (κ2) is 6.55. The Kier molecular flexibility index (Phi) is 4.51. The van der Waals surface area contributed by atoms with Crippen molar-refractivity contribution >= 4 is 11.6 Å². The second-order valence-corrected chi connectivity index (χ2v) is 4.25. The maximum atomic E-state index is 12.2. The summed E-state index contributed by atoms with van der Waals surface area (Å²) < 4.78 is 0. The van der Waals surface area contributed by atoms with E-state index in [-0.39, 0.29) is 5.91 Å². The first-order valence-electron chi connectivity index (χ1n) is 6.34. The van der Waals surface area contributed by atoms with Crippen molar-refractivity contribution in [2.24, 2.45) is 0 Å². The zero-order chi connectivity index (χ0) is 13.5. The number of rotatable bonds is 4. The molecule has 2 nitrogen and oxygen atoms in total. The minimum atomic E-state index is -0.00227. The average molecular weight is 251 g/mol. The lowest BCUT2D eigenvalue weighted by molar-refractivity contribution is -0.114. The van der Waals surface area contributed by atoms with Crippen LogP contribution in [0.4, 0.5) is 5.69 Å². The minimum absolute atomic E-state index is 0.00227. The van der Waals surface area contributed by atoms with Crippen LogP contribution in [0, 0.1) is 0 Å². The number of hydrogen-bond donors (Lipinski definition) is 0. The summed E-state index contributed by atoms with van der Waals surface area (Å²) in [6.07, 6.45) is 3.36. The second-order valence-electron chi connectivity index (χ2n) is 4.25. The number of allylic oxidation sites excluding steroid dienone is 1. The fourth-order valence-corrected chi connectivity index (χ4v) is 1.90. The molecule has 0 atom stereocenters. The molecule has 0 aliphatic heterocycles. The Morgan fingerprint density at radius 1 is 1.00 bits per heavy atom. The van der Waals surface area contributed by atoms with Crippen molar-refractivity contribution in [3.8, 4) is 0 Å². The number of carbonyl (C=O) groups excluding carboxylic acids is 1. The van der Waals surface area contributed by atoms with Gasteiger partial charge >= 0.3 is 0 Å². The molecule has 2 heteroatoms. The first-order chi connectivity index (χ1) is 9.31. The smallest absolute Gasteiger partial charge is 0.250 e. The van der Waals surface area contributed by atoms with Crippen molar-refractivity contribution in [3.63, 3.8) is 0 Å². The van der Waals surface area contributed by atoms with Gasteiger partial charge in [-0.05, 0) is 30.7 Å². The van der Waals surface area contributed by atoms with Gasteiger partial charge in [0.1, 0.15) is 0 Å². The molecule has 0 unspecified atom stereocenters. The maximum Gasteiger partial charge on any atom is 0.250 e. The predicted molar refractivity (Wildman–Crippen MR) is 78.9 cm³/mol. The van der Waals surface area contributed by atoms with Crippen LogP contribution in [0.3, 0.4) is 0 Å². The van der Waals surface area contributed by atoms with Gasteiger partial charge in [0.05, 0.1) is 6.54 Å². The number of nitrogens with zero attached hydrogens (tertiary/aromatic N) is 1. The molecule has 0 spiro atoms. The molecule has 0 aromatic heterocycles. The van der Waals surface area contributed by atoms with Gasteiger partial charge in [0, 0.05) is 5.69 Å². The van der Waals surface area contributed by atoms with E-state index in [2.05, 4.69) is 0 Å². The minimum Gasteiger partial charge on any atom is -0.304 e. The summed E-state index contributed by atoms with van der Waals surface area (Å²) in [5, 5.41) is 0. The Bertz CT molecular complexity index is 546. The SMILES string of the molecule is C/C=C/C(=O)N(Cc1ccccc1)c1ccccc1. The number of para-hydroxylation sites is 1. The van der Waals surface area contributed by atoms with Crippen molar-refractivity contribution in [1.82, 2.24) is 0 Å². The predicted octanol–water partition coefficient (Wildman–Crippen LogP) is 3.80. The fraction of sp³-hybridized carbons (Fsp3) is 0.118. The highest BCUT2D eigenvalue weighted by atomic mass is 16.2. The quantitative estimate of drug-likeness (QED) is 0.757. The lowest BCUT2D eigenvalue weighted by Gasteiger charge is -2.21. The molecule has 2 rings (SSSR count). The van der Waals surface area contributed by atoms with E-state index in [4.69, 9.17) is 0 Å². The first kappa shape index (κ1) is 13.1. The van der Waals surface area contributed by atoms with Crippen LogP contribution in [0.25, 0.3) is 0 Å². The molecule has 0 aliphatic carbocycles. The van der Waals surface area contributed by atoms with Crippen LogP contribution >= 0.6 is 0 Å². The molecule has 0 fully saturated rings. The Hall–Kier alpha value is -2.35. The molecule has 0 saturated carbocycles. The summed E-state index contributed by atoms with van der Waals surface area (Å²) in [5.74, 6) is -0.00227. The van der Waals surface area contributed by atoms with Gasteiger partial charge in [0.15, 0.2) is 0 Å². The van der Waals surface area contributed by atoms with Crippen molar-refractivity contribution in [2.75, 3.05) is 4.90 Å². The van der Waals surface area contributed by atoms with Crippen molar-refractivity contribution in [2.45, 2.75) is 13.5 Å². The third-order valence-corrected chi connectivity index (χ3v) is 2.83. The third-order valence-electron chi connectivity index (χ3n) is 2.83. The van der Waals surface area contributed by atoms with Gasteiger partial charge in [-0.2, -0.15) is 0 Å². The highest BCUT2D eigenvalue weighted by Crippen LogP contribution is 2.17. The summed E-state index contributed by atoms with van der Waals surface area (Å²) in [5.41, 5.74) is 2.03. The molecule has 0 N–H and O–H groups in total. The molecular formula is C17H17NO. The normalized spacial score (nSPS) is 10.6. The summed E-state index contributed by atoms with van der Waals surface area (Å²) in [7, 11) is 0. The van der Waals surface area contributed by atoms with E-state index in [1.807, 2.05) is 67.6 Å². The molecular weight excluding hydrogens is 234 g/mol. The fourth-order valence-electron chi connectivity index (χ4n) is 1.90. The van der Waals surface area contributed by atoms with E-state index in [0.29, 0.717) is 6.54 Å². The van der Waals surface area contributed by atoms with Gasteiger partial charge in [-0.3, -0.25) is 4.79 Å². The molecule has 19 heavy (non-hydrogen) atoms. The van der Waals surface area contributed by atoms with E-state index in [0.717, 1.165) is 11.3 Å². The van der Waals surface area contributed by atoms with Crippen LogP contribution in [-0.2, 0) is 11.3 Å². The molecule has 2 aromatic rings. The van der Waals surface area contributed by atoms with Crippen LogP contribution in [-0.4, -0.2) is 5.91 Å². The van der Waals surface area contributed by atoms with Gasteiger partial charge in [-0.1, -0.05) is 54.6 Å². The largest absolute Gasteiger partial charge is 0.304 e. The van der Waals surface area contributed by atoms with Crippen LogP contribution in [0.1, 0.15) is 12.5 Å². The Labute approximate surface area is 114 Å². The van der Waals surface area contributed by atoms with Gasteiger partial charge in [0.25, 0.3) is 5.91 Å². The van der Waals surface area contributed by atoms with Crippen LogP contribution in [0.15, 0.2) is 72.8 Å². The van der Waals surface area contributed by atoms with E-state index in [9.17, 15) is 4.79 Å². The molecule has 0 radical (unpaired) electrons. The summed E-state index contributed by atoms with van der Waals surface area (Å²) in [6, 6.07) is 19.7. The van der Waals surface area contributed by atoms with Crippen LogP contribution in [0.5, 0.6) is 0 Å². The number of carbonyl (C=O) groups is 1. The monoisotopic (exact) mass is 251 g/mol. The van der Waals surface area contributed by atoms with E-state index in [1.54, 1.807) is 17.1 Å². The van der Waals surface area contributed by atoms with E-state index in [1.165, 1.54) is 0 Å². The number of benzene rings is 2. The lowest BCUT2D eigenvalue weighted by Crippen LogP contribution is -2.28. The zero-order valence-electron chi connectivity index (χ0n) is 11.0. The van der Waals surface area contributed by atoms with Gasteiger partial charge in [-0.15, -0.1) is 0 Å². The van der Waals surface area contributed by atoms with Crippen LogP contribution < -0.4 is 4.90 Å². The van der Waals surface area contributed by atoms with Crippen molar-refractivity contribution < 1.29 is 4.79 Å². The maximum absolute atomic E-state index is 12.2. The Morgan fingerprint density at radius 2 is 1.58 bits per heavy atom. The number of anilines is 1. The standard InChI is InChI=1S/C17H17NO/c1-2-9-17(19)18(16-12-7-4-8-13-16)14-15-10-5-3-6-11-15/h2-13H,14H2,1H3/b9-2+. The highest BCUT2D eigenvalue weighted by Gasteiger charge is 2.12. The van der Waals surface area contributed by atoms with Gasteiger partial charge in [0.2, 0.25) is 0 Å². The average Bonchev–Trinajstić information content (AvgIpc) is 2.47. The summed E-state index contributed by atoms with van der Waals surface area (Å²) >= 11 is 0. The van der Waals surface area contributed by atoms with Crippen molar-refractivity contribution in [3.05, 3.63) is 78.4 Å². The Balaban J connectivity index is 2.27. The van der Waals surface area contributed by atoms with Gasteiger partial charge < -0.3 is 4.90 Å². The molecule has 0 saturated heterocycles. The topological polar surface area (TPSA) is 20.3 Å². The summed E-state index contributed by atoms with van der Waals surface area (Å²) in [4.78, 5) is 14.0. The molecule has 1 amide bonds. The first-order valence-corrected chi connectivity index (χ1v) is 6.34. The van der Waals surface area contributed by atoms with E-state index >= 15 is 0 Å². The lowest BCUT2D eigenvalue weighted by atomic mass is 10.2. The van der Waals surface area contributed by atoms with Crippen molar-refractivity contribution in [1.29, 1.82) is 0 Å². The summed E-state index contributed by atoms with van der Waals surface area (Å²) in [6.45, 7) is 2.43. The molecule has 0 heterocycles. The van der Waals surface area contributed by atoms with Crippen LogP contribution in [0.2, 0.25) is 0 Å². The zero-order valence-corrected chi connectivity index (χ0v) is 11.0. The van der Waals surface area contributed by atoms with E-state index < -0.39 is 0 Å². The third kappa shape index (κ3) is 3.55. The molecule has 2 aromatic carbocycles. The highest BCUT2D eigenvalue weighted by molar-refractivity contribution is 6.01. The van der Waals surface area contributed by atoms with Gasteiger partial charge in [-0.25, -0.2) is 0 Å². The number of hydrogen-bond acceptors (Lipinski definition) is 1.